The molecule has 7 nitrogen and oxygen atoms in total. The molecule has 0 bridgehead atoms. The summed E-state index contributed by atoms with van der Waals surface area (Å²) in [7, 11) is -3.64. The molecule has 0 amide bonds. The number of ether oxygens (including phenoxy) is 3. The first-order valence-electron chi connectivity index (χ1n) is 9.87. The molecule has 2 heterocycles. The van der Waals surface area contributed by atoms with Crippen LogP contribution in [0.4, 0.5) is 0 Å². The van der Waals surface area contributed by atoms with Gasteiger partial charge >= 0.3 is 0 Å². The van der Waals surface area contributed by atoms with E-state index in [-0.39, 0.29) is 11.4 Å². The molecular weight excluding hydrogens is 392 g/mol. The van der Waals surface area contributed by atoms with Crippen molar-refractivity contribution in [2.45, 2.75) is 24.4 Å². The van der Waals surface area contributed by atoms with E-state index in [4.69, 9.17) is 14.2 Å². The molecular formula is C21H26N2O5S. The van der Waals surface area contributed by atoms with Gasteiger partial charge in [-0.25, -0.2) is 13.1 Å². The summed E-state index contributed by atoms with van der Waals surface area (Å²) in [5.74, 6) is 1.05. The van der Waals surface area contributed by atoms with E-state index in [1.165, 1.54) is 11.6 Å². The predicted octanol–water partition coefficient (Wildman–Crippen LogP) is 2.16. The highest BCUT2D eigenvalue weighted by atomic mass is 32.2. The minimum Gasteiger partial charge on any atom is -0.490 e. The van der Waals surface area contributed by atoms with Crippen LogP contribution in [0, 0.1) is 0 Å². The van der Waals surface area contributed by atoms with Gasteiger partial charge in [0.05, 0.1) is 31.3 Å². The Kier molecular flexibility index (Phi) is 6.34. The number of nitrogens with zero attached hydrogens (tertiary/aromatic N) is 1. The molecule has 2 aromatic rings. The normalized spacial score (nSPS) is 17.7. The quantitative estimate of drug-likeness (QED) is 0.775. The van der Waals surface area contributed by atoms with Crippen molar-refractivity contribution in [3.05, 3.63) is 53.6 Å². The van der Waals surface area contributed by atoms with E-state index in [1.54, 1.807) is 12.1 Å². The van der Waals surface area contributed by atoms with Crippen molar-refractivity contribution in [1.82, 2.24) is 9.62 Å². The average Bonchev–Trinajstić information content (AvgIpc) is 2.99. The number of hydrogen-bond acceptors (Lipinski definition) is 6. The first kappa shape index (κ1) is 20.2. The van der Waals surface area contributed by atoms with Gasteiger partial charge in [0.1, 0.15) is 0 Å². The molecule has 0 unspecified atom stereocenters. The van der Waals surface area contributed by atoms with Crippen LogP contribution in [0.25, 0.3) is 0 Å². The van der Waals surface area contributed by atoms with E-state index in [1.807, 2.05) is 24.3 Å². The molecule has 0 aromatic heterocycles. The molecule has 0 atom stereocenters. The lowest BCUT2D eigenvalue weighted by molar-refractivity contribution is 0.0342. The van der Waals surface area contributed by atoms with E-state index in [0.29, 0.717) is 24.7 Å². The van der Waals surface area contributed by atoms with E-state index in [2.05, 4.69) is 9.62 Å². The Bertz CT molecular complexity index is 925. The number of hydrogen-bond donors (Lipinski definition) is 1. The fourth-order valence-corrected chi connectivity index (χ4v) is 4.39. The summed E-state index contributed by atoms with van der Waals surface area (Å²) in [4.78, 5) is 2.52. The van der Waals surface area contributed by atoms with Crippen molar-refractivity contribution in [3.63, 3.8) is 0 Å². The Morgan fingerprint density at radius 2 is 1.55 bits per heavy atom. The summed E-state index contributed by atoms with van der Waals surface area (Å²) in [6.45, 7) is 5.63. The monoisotopic (exact) mass is 418 g/mol. The Labute approximate surface area is 171 Å². The van der Waals surface area contributed by atoms with E-state index < -0.39 is 10.0 Å². The third-order valence-corrected chi connectivity index (χ3v) is 6.43. The van der Waals surface area contributed by atoms with Crippen molar-refractivity contribution in [3.8, 4) is 11.5 Å². The van der Waals surface area contributed by atoms with Crippen molar-refractivity contribution in [1.29, 1.82) is 0 Å². The minimum absolute atomic E-state index is 0.172. The van der Waals surface area contributed by atoms with Crippen molar-refractivity contribution >= 4 is 10.0 Å². The van der Waals surface area contributed by atoms with Crippen LogP contribution in [0.15, 0.2) is 47.4 Å². The fraction of sp³-hybridized carbons (Fsp3) is 0.429. The van der Waals surface area contributed by atoms with Gasteiger partial charge in [-0.2, -0.15) is 0 Å². The Morgan fingerprint density at radius 3 is 2.31 bits per heavy atom. The van der Waals surface area contributed by atoms with Crippen LogP contribution in [0.5, 0.6) is 11.5 Å². The van der Waals surface area contributed by atoms with Gasteiger partial charge in [-0.3, -0.25) is 4.90 Å². The zero-order chi connectivity index (χ0) is 20.1. The van der Waals surface area contributed by atoms with Crippen LogP contribution >= 0.6 is 0 Å². The second kappa shape index (κ2) is 9.13. The van der Waals surface area contributed by atoms with Gasteiger partial charge in [0.2, 0.25) is 10.0 Å². The van der Waals surface area contributed by atoms with E-state index >= 15 is 0 Å². The first-order chi connectivity index (χ1) is 14.1. The van der Waals surface area contributed by atoms with Crippen LogP contribution in [0.1, 0.15) is 17.5 Å². The lowest BCUT2D eigenvalue weighted by atomic mass is 10.1. The largest absolute Gasteiger partial charge is 0.490 e. The number of benzene rings is 2. The van der Waals surface area contributed by atoms with Gasteiger partial charge in [0.25, 0.3) is 0 Å². The van der Waals surface area contributed by atoms with Crippen LogP contribution in [-0.4, -0.2) is 52.8 Å². The highest BCUT2D eigenvalue weighted by Gasteiger charge is 2.18. The third-order valence-electron chi connectivity index (χ3n) is 5.03. The molecule has 0 aliphatic carbocycles. The molecule has 4 rings (SSSR count). The molecule has 1 fully saturated rings. The summed E-state index contributed by atoms with van der Waals surface area (Å²) in [6, 6.07) is 12.7. The number of fused-ring (bicyclic) bond motifs is 1. The number of rotatable bonds is 6. The molecule has 2 aliphatic rings. The van der Waals surface area contributed by atoms with Crippen LogP contribution in [-0.2, 0) is 27.8 Å². The average molecular weight is 419 g/mol. The number of sulfonamides is 1. The molecule has 0 radical (unpaired) electrons. The maximum atomic E-state index is 12.7. The summed E-state index contributed by atoms with van der Waals surface area (Å²) in [5, 5.41) is 0. The number of nitrogens with one attached hydrogen (secondary N) is 1. The second-order valence-corrected chi connectivity index (χ2v) is 8.96. The molecule has 2 aromatic carbocycles. The summed E-state index contributed by atoms with van der Waals surface area (Å²) < 4.78 is 44.6. The zero-order valence-corrected chi connectivity index (χ0v) is 17.1. The van der Waals surface area contributed by atoms with Gasteiger partial charge in [-0.1, -0.05) is 24.3 Å². The Morgan fingerprint density at radius 1 is 0.862 bits per heavy atom. The standard InChI is InChI=1S/C21H26N2O5S/c24-29(25,19-6-7-20-21(14-19)28-11-1-10-27-20)22-15-17-2-4-18(5-3-17)16-23-8-12-26-13-9-23/h2-7,14,22H,1,8-13,15-16H2. The van der Waals surface area contributed by atoms with Gasteiger partial charge in [0.15, 0.2) is 11.5 Å². The highest BCUT2D eigenvalue weighted by Crippen LogP contribution is 2.31. The van der Waals surface area contributed by atoms with E-state index in [0.717, 1.165) is 44.8 Å². The maximum absolute atomic E-state index is 12.7. The summed E-state index contributed by atoms with van der Waals surface area (Å²) in [5.41, 5.74) is 2.12. The second-order valence-electron chi connectivity index (χ2n) is 7.19. The molecule has 156 valence electrons. The molecule has 0 saturated carbocycles. The van der Waals surface area contributed by atoms with Gasteiger partial charge in [-0.05, 0) is 23.3 Å². The smallest absolute Gasteiger partial charge is 0.241 e. The van der Waals surface area contributed by atoms with Crippen LogP contribution in [0.2, 0.25) is 0 Å². The summed E-state index contributed by atoms with van der Waals surface area (Å²) in [6.07, 6.45) is 0.774. The van der Waals surface area contributed by atoms with Crippen molar-refractivity contribution < 1.29 is 22.6 Å². The molecule has 2 aliphatic heterocycles. The molecule has 0 spiro atoms. The summed E-state index contributed by atoms with van der Waals surface area (Å²) >= 11 is 0. The Balaban J connectivity index is 1.37. The Hall–Kier alpha value is -2.13. The fourth-order valence-electron chi connectivity index (χ4n) is 3.35. The van der Waals surface area contributed by atoms with Crippen molar-refractivity contribution in [2.75, 3.05) is 39.5 Å². The van der Waals surface area contributed by atoms with Gasteiger partial charge in [0, 0.05) is 38.7 Å². The highest BCUT2D eigenvalue weighted by molar-refractivity contribution is 7.89. The topological polar surface area (TPSA) is 77.1 Å². The SMILES string of the molecule is O=S(=O)(NCc1ccc(CN2CCOCC2)cc1)c1ccc2c(c1)OCCCO2. The lowest BCUT2D eigenvalue weighted by Gasteiger charge is -2.26. The van der Waals surface area contributed by atoms with Gasteiger partial charge < -0.3 is 14.2 Å². The van der Waals surface area contributed by atoms with Crippen LogP contribution < -0.4 is 14.2 Å². The van der Waals surface area contributed by atoms with Crippen molar-refractivity contribution in [2.24, 2.45) is 0 Å². The third kappa shape index (κ3) is 5.27. The number of morpholine rings is 1. The molecule has 8 heteroatoms. The molecule has 1 N–H and O–H groups in total. The lowest BCUT2D eigenvalue weighted by Crippen LogP contribution is -2.35. The predicted molar refractivity (Wildman–Crippen MR) is 109 cm³/mol. The first-order valence-corrected chi connectivity index (χ1v) is 11.4. The van der Waals surface area contributed by atoms with Crippen LogP contribution in [0.3, 0.4) is 0 Å². The van der Waals surface area contributed by atoms with E-state index in [9.17, 15) is 8.42 Å². The van der Waals surface area contributed by atoms with Gasteiger partial charge in [-0.15, -0.1) is 0 Å². The zero-order valence-electron chi connectivity index (χ0n) is 16.3. The molecule has 1 saturated heterocycles. The maximum Gasteiger partial charge on any atom is 0.241 e. The minimum atomic E-state index is -3.64. The molecule has 29 heavy (non-hydrogen) atoms.